The number of nitrogens with zero attached hydrogens (tertiary/aromatic N) is 3. The number of nitrogens with two attached hydrogens (primary N) is 1. The number of hydrogen-bond donors (Lipinski definition) is 1. The van der Waals surface area contributed by atoms with Gasteiger partial charge in [-0.1, -0.05) is 32.4 Å². The second kappa shape index (κ2) is 7.55. The molecule has 2 bridgehead atoms. The fraction of sp³-hybridized carbons (Fsp3) is 0.778. The number of ketones is 2. The molecule has 2 N–H and O–H groups in total. The number of hydrogen-bond acceptors (Lipinski definition) is 5. The van der Waals surface area contributed by atoms with E-state index in [0.29, 0.717) is 19.3 Å². The van der Waals surface area contributed by atoms with Gasteiger partial charge in [-0.15, -0.1) is 5.10 Å². The number of fused-ring (bicyclic) bond motifs is 2. The summed E-state index contributed by atoms with van der Waals surface area (Å²) in [5.74, 6) is 0.265. The van der Waals surface area contributed by atoms with Crippen LogP contribution >= 0.6 is 0 Å². The Balaban J connectivity index is 2.26. The first-order chi connectivity index (χ1) is 11.3. The van der Waals surface area contributed by atoms with Gasteiger partial charge in [-0.2, -0.15) is 0 Å². The number of Topliss-reactive ketones (excluding diaryl/α,β-unsaturated/α-hetero) is 2. The van der Waals surface area contributed by atoms with Gasteiger partial charge in [-0.3, -0.25) is 14.3 Å². The summed E-state index contributed by atoms with van der Waals surface area (Å²) in [6.07, 6.45) is 6.92. The number of carbonyl (C=O) groups is 2. The lowest BCUT2D eigenvalue weighted by Gasteiger charge is -2.30. The summed E-state index contributed by atoms with van der Waals surface area (Å²) >= 11 is 0. The van der Waals surface area contributed by atoms with Crippen LogP contribution in [0.4, 0.5) is 0 Å². The van der Waals surface area contributed by atoms with Gasteiger partial charge in [0.05, 0.1) is 12.2 Å². The Kier molecular flexibility index (Phi) is 5.91. The Bertz CT molecular complexity index is 598. The summed E-state index contributed by atoms with van der Waals surface area (Å²) in [4.78, 5) is 25.2. The monoisotopic (exact) mass is 334 g/mol. The number of carbonyl (C=O) groups excluding carboxylic acids is 2. The summed E-state index contributed by atoms with van der Waals surface area (Å²) in [6, 6.07) is 0. The smallest absolute Gasteiger partial charge is 0.152 e. The van der Waals surface area contributed by atoms with E-state index in [1.54, 1.807) is 0 Å². The Morgan fingerprint density at radius 1 is 1.33 bits per heavy atom. The number of aryl methyl sites for hydroxylation is 1. The van der Waals surface area contributed by atoms with Crippen LogP contribution < -0.4 is 5.73 Å². The minimum Gasteiger partial charge on any atom is -0.324 e. The van der Waals surface area contributed by atoms with Crippen molar-refractivity contribution in [3.05, 3.63) is 11.9 Å². The molecule has 0 aromatic carbocycles. The Morgan fingerprint density at radius 3 is 2.75 bits per heavy atom. The van der Waals surface area contributed by atoms with Crippen LogP contribution in [0.1, 0.15) is 65.0 Å². The van der Waals surface area contributed by atoms with E-state index in [1.165, 1.54) is 0 Å². The lowest BCUT2D eigenvalue weighted by molar-refractivity contribution is -0.131. The molecule has 0 aliphatic carbocycles. The quantitative estimate of drug-likeness (QED) is 0.916. The van der Waals surface area contributed by atoms with Gasteiger partial charge in [-0.25, -0.2) is 0 Å². The maximum atomic E-state index is 12.9. The molecule has 1 aromatic rings. The zero-order valence-electron chi connectivity index (χ0n) is 15.2. The molecule has 1 aliphatic heterocycles. The van der Waals surface area contributed by atoms with E-state index in [4.69, 9.17) is 5.73 Å². The first-order valence-corrected chi connectivity index (χ1v) is 8.99. The molecule has 1 aliphatic rings. The highest BCUT2D eigenvalue weighted by molar-refractivity contribution is 5.88. The van der Waals surface area contributed by atoms with Crippen LogP contribution in [-0.4, -0.2) is 33.1 Å². The molecule has 6 heteroatoms. The normalized spacial score (nSPS) is 29.4. The molecule has 0 spiro atoms. The van der Waals surface area contributed by atoms with E-state index in [9.17, 15) is 9.59 Å². The second-order valence-electron chi connectivity index (χ2n) is 7.63. The van der Waals surface area contributed by atoms with Gasteiger partial charge < -0.3 is 5.73 Å². The lowest BCUT2D eigenvalue weighted by Crippen LogP contribution is -2.36. The van der Waals surface area contributed by atoms with Crippen LogP contribution in [0, 0.1) is 10.8 Å². The van der Waals surface area contributed by atoms with Crippen molar-refractivity contribution in [3.63, 3.8) is 0 Å². The molecule has 1 aromatic heterocycles. The average Bonchev–Trinajstić information content (AvgIpc) is 3.02. The number of aromatic nitrogens is 3. The molecule has 0 amide bonds. The minimum absolute atomic E-state index is 0.0434. The van der Waals surface area contributed by atoms with Crippen molar-refractivity contribution in [3.8, 4) is 0 Å². The third-order valence-corrected chi connectivity index (χ3v) is 5.74. The van der Waals surface area contributed by atoms with Crippen molar-refractivity contribution >= 4 is 11.6 Å². The maximum Gasteiger partial charge on any atom is 0.152 e. The van der Waals surface area contributed by atoms with Gasteiger partial charge in [-0.05, 0) is 25.7 Å². The highest BCUT2D eigenvalue weighted by Crippen LogP contribution is 2.35. The topological polar surface area (TPSA) is 90.9 Å². The van der Waals surface area contributed by atoms with Crippen LogP contribution in [0.15, 0.2) is 6.20 Å². The third-order valence-electron chi connectivity index (χ3n) is 5.74. The van der Waals surface area contributed by atoms with Crippen molar-refractivity contribution in [2.45, 2.75) is 72.3 Å². The Hall–Kier alpha value is -1.56. The SMILES string of the molecule is CC[C@@]1(C)Cc2cn(nn2)CCCC[C@@](C)(C(=O)CN)CCC1=O. The standard InChI is InChI=1S/C18H30N4O2/c1-4-17(2)11-14-13-22(21-20-14)10-6-5-8-18(3,16(24)12-19)9-7-15(17)23/h13H,4-12,19H2,1-3H3/t17-,18+/m0/s1. The summed E-state index contributed by atoms with van der Waals surface area (Å²) in [5.41, 5.74) is 5.53. The fourth-order valence-electron chi connectivity index (χ4n) is 3.48. The van der Waals surface area contributed by atoms with Gasteiger partial charge in [0.25, 0.3) is 0 Å². The van der Waals surface area contributed by atoms with Gasteiger partial charge >= 0.3 is 0 Å². The maximum absolute atomic E-state index is 12.9. The number of rotatable bonds is 3. The summed E-state index contributed by atoms with van der Waals surface area (Å²) in [5, 5.41) is 8.39. The zero-order valence-corrected chi connectivity index (χ0v) is 15.2. The molecule has 2 heterocycles. The van der Waals surface area contributed by atoms with Crippen molar-refractivity contribution < 1.29 is 9.59 Å². The molecule has 6 nitrogen and oxygen atoms in total. The molecule has 2 atom stereocenters. The lowest BCUT2D eigenvalue weighted by atomic mass is 9.72. The summed E-state index contributed by atoms with van der Waals surface area (Å²) in [6.45, 7) is 6.82. The van der Waals surface area contributed by atoms with Gasteiger partial charge in [0.15, 0.2) is 5.78 Å². The molecule has 0 saturated carbocycles. The molecular weight excluding hydrogens is 304 g/mol. The Labute approximate surface area is 144 Å². The van der Waals surface area contributed by atoms with E-state index in [-0.39, 0.29) is 18.1 Å². The predicted octanol–water partition coefficient (Wildman–Crippen LogP) is 2.30. The third kappa shape index (κ3) is 4.09. The van der Waals surface area contributed by atoms with E-state index in [0.717, 1.165) is 37.9 Å². The van der Waals surface area contributed by atoms with Crippen LogP contribution in [-0.2, 0) is 22.6 Å². The molecule has 2 rings (SSSR count). The van der Waals surface area contributed by atoms with E-state index in [1.807, 2.05) is 31.6 Å². The van der Waals surface area contributed by atoms with Crippen molar-refractivity contribution in [2.75, 3.05) is 6.54 Å². The molecule has 134 valence electrons. The molecule has 0 radical (unpaired) electrons. The van der Waals surface area contributed by atoms with E-state index < -0.39 is 10.8 Å². The molecule has 0 fully saturated rings. The van der Waals surface area contributed by atoms with Gasteiger partial charge in [0, 0.05) is 36.4 Å². The van der Waals surface area contributed by atoms with Gasteiger partial charge in [0.2, 0.25) is 0 Å². The van der Waals surface area contributed by atoms with Gasteiger partial charge in [0.1, 0.15) is 5.78 Å². The predicted molar refractivity (Wildman–Crippen MR) is 92.4 cm³/mol. The van der Waals surface area contributed by atoms with Crippen LogP contribution in [0.3, 0.4) is 0 Å². The van der Waals surface area contributed by atoms with E-state index in [2.05, 4.69) is 10.3 Å². The zero-order chi connectivity index (χ0) is 17.8. The molecular formula is C18H30N4O2. The molecule has 0 saturated heterocycles. The van der Waals surface area contributed by atoms with Crippen molar-refractivity contribution in [1.82, 2.24) is 15.0 Å². The highest BCUT2D eigenvalue weighted by atomic mass is 16.1. The summed E-state index contributed by atoms with van der Waals surface area (Å²) in [7, 11) is 0. The Morgan fingerprint density at radius 2 is 2.08 bits per heavy atom. The first kappa shape index (κ1) is 18.8. The minimum atomic E-state index is -0.500. The molecule has 24 heavy (non-hydrogen) atoms. The summed E-state index contributed by atoms with van der Waals surface area (Å²) < 4.78 is 1.84. The second-order valence-corrected chi connectivity index (χ2v) is 7.63. The van der Waals surface area contributed by atoms with Crippen LogP contribution in [0.25, 0.3) is 0 Å². The van der Waals surface area contributed by atoms with Crippen molar-refractivity contribution in [1.29, 1.82) is 0 Å². The fourth-order valence-corrected chi connectivity index (χ4v) is 3.48. The largest absolute Gasteiger partial charge is 0.324 e. The first-order valence-electron chi connectivity index (χ1n) is 8.99. The van der Waals surface area contributed by atoms with Crippen molar-refractivity contribution in [2.24, 2.45) is 16.6 Å². The van der Waals surface area contributed by atoms with Crippen LogP contribution in [0.5, 0.6) is 0 Å². The van der Waals surface area contributed by atoms with E-state index >= 15 is 0 Å². The molecule has 0 unspecified atom stereocenters. The van der Waals surface area contributed by atoms with Crippen LogP contribution in [0.2, 0.25) is 0 Å². The average molecular weight is 334 g/mol. The highest BCUT2D eigenvalue weighted by Gasteiger charge is 2.36.